The summed E-state index contributed by atoms with van der Waals surface area (Å²) < 4.78 is 0. The highest BCUT2D eigenvalue weighted by atomic mass is 16.1. The van der Waals surface area contributed by atoms with Crippen molar-refractivity contribution in [2.45, 2.75) is 0 Å². The molecular weight excluding hydrogens is 148 g/mol. The zero-order valence-corrected chi connectivity index (χ0v) is 6.73. The highest BCUT2D eigenvalue weighted by molar-refractivity contribution is 5.76. The molecular formula is C11H10O. The zero-order chi connectivity index (χ0) is 8.81. The lowest BCUT2D eigenvalue weighted by molar-refractivity contribution is 0.112. The average Bonchev–Trinajstić information content (AvgIpc) is 2.15. The summed E-state index contributed by atoms with van der Waals surface area (Å²) in [4.78, 5) is 10.4. The molecule has 0 aliphatic rings. The van der Waals surface area contributed by atoms with Gasteiger partial charge in [0, 0.05) is 5.56 Å². The second-order valence-corrected chi connectivity index (χ2v) is 2.38. The Bertz CT molecular complexity index is 311. The summed E-state index contributed by atoms with van der Waals surface area (Å²) in [5, 5.41) is 0. The molecule has 0 saturated carbocycles. The maximum absolute atomic E-state index is 10.4. The van der Waals surface area contributed by atoms with E-state index in [1.54, 1.807) is 12.1 Å². The van der Waals surface area contributed by atoms with E-state index in [4.69, 9.17) is 0 Å². The predicted molar refractivity (Wildman–Crippen MR) is 51.1 cm³/mol. The Hall–Kier alpha value is -1.63. The zero-order valence-electron chi connectivity index (χ0n) is 6.73. The fraction of sp³-hybridized carbons (Fsp3) is 0. The van der Waals surface area contributed by atoms with Crippen LogP contribution in [-0.4, -0.2) is 6.29 Å². The molecule has 0 spiro atoms. The van der Waals surface area contributed by atoms with Gasteiger partial charge in [0.25, 0.3) is 0 Å². The quantitative estimate of drug-likeness (QED) is 0.488. The molecule has 0 aliphatic heterocycles. The summed E-state index contributed by atoms with van der Waals surface area (Å²) in [5.41, 5.74) is 1.71. The van der Waals surface area contributed by atoms with Crippen LogP contribution < -0.4 is 0 Å². The van der Waals surface area contributed by atoms with Gasteiger partial charge in [0.05, 0.1) is 0 Å². The van der Waals surface area contributed by atoms with E-state index in [9.17, 15) is 4.79 Å². The van der Waals surface area contributed by atoms with Crippen LogP contribution in [0, 0.1) is 0 Å². The van der Waals surface area contributed by atoms with Gasteiger partial charge >= 0.3 is 0 Å². The Balaban J connectivity index is 2.93. The van der Waals surface area contributed by atoms with Gasteiger partial charge in [-0.1, -0.05) is 43.0 Å². The molecule has 0 bridgehead atoms. The molecule has 1 aromatic carbocycles. The van der Waals surface area contributed by atoms with Gasteiger partial charge in [-0.25, -0.2) is 0 Å². The number of benzene rings is 1. The number of hydrogen-bond donors (Lipinski definition) is 0. The summed E-state index contributed by atoms with van der Waals surface area (Å²) in [6, 6.07) is 7.39. The topological polar surface area (TPSA) is 17.1 Å². The molecule has 0 fully saturated rings. The lowest BCUT2D eigenvalue weighted by Gasteiger charge is -1.92. The number of hydrogen-bond acceptors (Lipinski definition) is 1. The van der Waals surface area contributed by atoms with Crippen LogP contribution in [0.4, 0.5) is 0 Å². The average molecular weight is 158 g/mol. The third kappa shape index (κ3) is 2.20. The summed E-state index contributed by atoms with van der Waals surface area (Å²) in [6.07, 6.45) is 6.28. The molecule has 1 rings (SSSR count). The molecule has 0 radical (unpaired) electrons. The van der Waals surface area contributed by atoms with Crippen molar-refractivity contribution in [3.8, 4) is 0 Å². The molecule has 1 nitrogen and oxygen atoms in total. The van der Waals surface area contributed by atoms with Crippen molar-refractivity contribution < 1.29 is 4.79 Å². The molecule has 60 valence electrons. The molecule has 0 saturated heterocycles. The van der Waals surface area contributed by atoms with Crippen molar-refractivity contribution in [3.63, 3.8) is 0 Å². The number of carbonyl (C=O) groups excluding carboxylic acids is 1. The van der Waals surface area contributed by atoms with Crippen LogP contribution >= 0.6 is 0 Å². The second-order valence-electron chi connectivity index (χ2n) is 2.38. The Morgan fingerprint density at radius 1 is 1.25 bits per heavy atom. The minimum absolute atomic E-state index is 0.696. The molecule has 1 heteroatoms. The third-order valence-corrected chi connectivity index (χ3v) is 1.47. The molecule has 0 aliphatic carbocycles. The second kappa shape index (κ2) is 4.29. The maximum atomic E-state index is 10.4. The Labute approximate surface area is 72.0 Å². The van der Waals surface area contributed by atoms with Crippen molar-refractivity contribution in [1.82, 2.24) is 0 Å². The first-order valence-corrected chi connectivity index (χ1v) is 3.71. The number of aldehydes is 1. The molecule has 0 unspecified atom stereocenters. The van der Waals surface area contributed by atoms with Crippen molar-refractivity contribution in [1.29, 1.82) is 0 Å². The van der Waals surface area contributed by atoms with Crippen LogP contribution in [0.2, 0.25) is 0 Å². The summed E-state index contributed by atoms with van der Waals surface area (Å²) >= 11 is 0. The van der Waals surface area contributed by atoms with Crippen LogP contribution in [0.3, 0.4) is 0 Å². The summed E-state index contributed by atoms with van der Waals surface area (Å²) in [5.74, 6) is 0. The molecule has 0 atom stereocenters. The van der Waals surface area contributed by atoms with E-state index in [0.29, 0.717) is 5.56 Å². The fourth-order valence-corrected chi connectivity index (χ4v) is 0.915. The van der Waals surface area contributed by atoms with E-state index >= 15 is 0 Å². The van der Waals surface area contributed by atoms with Crippen LogP contribution in [-0.2, 0) is 0 Å². The van der Waals surface area contributed by atoms with E-state index in [1.165, 1.54) is 0 Å². The number of allylic oxidation sites excluding steroid dienone is 2. The molecule has 1 aromatic rings. The molecule has 0 heterocycles. The van der Waals surface area contributed by atoms with E-state index in [0.717, 1.165) is 11.8 Å². The normalized spacial score (nSPS) is 10.0. The number of rotatable bonds is 3. The van der Waals surface area contributed by atoms with Gasteiger partial charge in [-0.05, 0) is 11.6 Å². The third-order valence-electron chi connectivity index (χ3n) is 1.47. The van der Waals surface area contributed by atoms with E-state index in [-0.39, 0.29) is 0 Å². The first-order valence-electron chi connectivity index (χ1n) is 3.71. The van der Waals surface area contributed by atoms with Gasteiger partial charge in [0.1, 0.15) is 6.29 Å². The van der Waals surface area contributed by atoms with Gasteiger partial charge in [-0.2, -0.15) is 0 Å². The first-order chi connectivity index (χ1) is 5.86. The van der Waals surface area contributed by atoms with E-state index in [1.807, 2.05) is 30.4 Å². The minimum Gasteiger partial charge on any atom is -0.298 e. The molecule has 12 heavy (non-hydrogen) atoms. The lowest BCUT2D eigenvalue weighted by Crippen LogP contribution is -1.79. The van der Waals surface area contributed by atoms with Crippen LogP contribution in [0.5, 0.6) is 0 Å². The van der Waals surface area contributed by atoms with Crippen molar-refractivity contribution in [2.24, 2.45) is 0 Å². The monoisotopic (exact) mass is 158 g/mol. The minimum atomic E-state index is 0.696. The highest BCUT2D eigenvalue weighted by Crippen LogP contribution is 2.04. The van der Waals surface area contributed by atoms with Crippen LogP contribution in [0.1, 0.15) is 15.9 Å². The standard InChI is InChI=1S/C11H10O/c1-2-3-5-10-6-4-7-11(8-10)9-12/h2-9H,1H2/b5-3+. The first kappa shape index (κ1) is 8.47. The Morgan fingerprint density at radius 3 is 2.67 bits per heavy atom. The lowest BCUT2D eigenvalue weighted by atomic mass is 10.1. The largest absolute Gasteiger partial charge is 0.298 e. The van der Waals surface area contributed by atoms with E-state index in [2.05, 4.69) is 6.58 Å². The predicted octanol–water partition coefficient (Wildman–Crippen LogP) is 2.70. The van der Waals surface area contributed by atoms with Gasteiger partial charge in [-0.15, -0.1) is 0 Å². The van der Waals surface area contributed by atoms with Gasteiger partial charge in [0.2, 0.25) is 0 Å². The Kier molecular flexibility index (Phi) is 3.03. The van der Waals surface area contributed by atoms with E-state index < -0.39 is 0 Å². The smallest absolute Gasteiger partial charge is 0.150 e. The van der Waals surface area contributed by atoms with Crippen LogP contribution in [0.15, 0.2) is 43.0 Å². The molecule has 0 aromatic heterocycles. The number of carbonyl (C=O) groups is 1. The van der Waals surface area contributed by atoms with Crippen molar-refractivity contribution in [3.05, 3.63) is 54.1 Å². The molecule has 0 amide bonds. The summed E-state index contributed by atoms with van der Waals surface area (Å²) in [7, 11) is 0. The van der Waals surface area contributed by atoms with Crippen molar-refractivity contribution >= 4 is 12.4 Å². The Morgan fingerprint density at radius 2 is 2.00 bits per heavy atom. The SMILES string of the molecule is C=C/C=C/c1cccc(C=O)c1. The summed E-state index contributed by atoms with van der Waals surface area (Å²) in [6.45, 7) is 3.56. The van der Waals surface area contributed by atoms with Gasteiger partial charge in [0.15, 0.2) is 0 Å². The molecule has 0 N–H and O–H groups in total. The maximum Gasteiger partial charge on any atom is 0.150 e. The van der Waals surface area contributed by atoms with Gasteiger partial charge < -0.3 is 0 Å². The highest BCUT2D eigenvalue weighted by Gasteiger charge is 1.88. The van der Waals surface area contributed by atoms with Crippen LogP contribution in [0.25, 0.3) is 6.08 Å². The van der Waals surface area contributed by atoms with Gasteiger partial charge in [-0.3, -0.25) is 4.79 Å². The van der Waals surface area contributed by atoms with Crippen molar-refractivity contribution in [2.75, 3.05) is 0 Å². The fourth-order valence-electron chi connectivity index (χ4n) is 0.915.